The number of rotatable bonds is 16. The van der Waals surface area contributed by atoms with Gasteiger partial charge in [0.25, 0.3) is 0 Å². The normalized spacial score (nSPS) is 13.1. The van der Waals surface area contributed by atoms with Crippen LogP contribution in [0.1, 0.15) is 112 Å². The molecule has 4 nitrogen and oxygen atoms in total. The first-order chi connectivity index (χ1) is 23.3. The summed E-state index contributed by atoms with van der Waals surface area (Å²) in [6, 6.07) is 36.5. The number of benzene rings is 4. The fourth-order valence-electron chi connectivity index (χ4n) is 7.76. The Kier molecular flexibility index (Phi) is 14.1. The van der Waals surface area contributed by atoms with E-state index in [4.69, 9.17) is 0 Å². The standard InChI is InChI=1S/C28H48B2N4.2C7H7.Zr/c1-19(2)23-15-13-16-24(20(3)4)27(23)31-29(33(9)10)30(34(11)12)32-28-25(21(5)6)17-14-18-26(28)22(7)8;2*1-7-5-3-2-4-6-7;/h13-22,31-32H,1-12H3;2*2-6H,1H2;/q;;;-1. The Morgan fingerprint density at radius 3 is 1.22 bits per heavy atom. The summed E-state index contributed by atoms with van der Waals surface area (Å²) < 4.78 is 0.875. The van der Waals surface area contributed by atoms with Gasteiger partial charge in [-0.05, 0) is 0 Å². The van der Waals surface area contributed by atoms with Crippen LogP contribution < -0.4 is 10.5 Å². The Labute approximate surface area is 307 Å². The van der Waals surface area contributed by atoms with Crippen molar-refractivity contribution < 1.29 is 21.5 Å². The van der Waals surface area contributed by atoms with Crippen LogP contribution in [0.15, 0.2) is 97.1 Å². The average molecular weight is 736 g/mol. The van der Waals surface area contributed by atoms with E-state index in [9.17, 15) is 0 Å². The predicted molar refractivity (Wildman–Crippen MR) is 216 cm³/mol. The zero-order valence-corrected chi connectivity index (χ0v) is 35.0. The fraction of sp³-hybridized carbons (Fsp3) is 0.429. The maximum atomic E-state index is 4.60. The van der Waals surface area contributed by atoms with Crippen LogP contribution in [0.5, 0.6) is 0 Å². The molecule has 1 atom stereocenters. The number of nitrogens with zero attached hydrogens (tertiary/aromatic N) is 2. The average Bonchev–Trinajstić information content (AvgIpc) is 3.06. The first kappa shape index (κ1) is 39.2. The molecule has 0 aromatic heterocycles. The molecule has 2 N–H and O–H groups in total. The summed E-state index contributed by atoms with van der Waals surface area (Å²) in [6.45, 7) is 18.7. The van der Waals surface area contributed by atoms with E-state index in [0.29, 0.717) is 23.7 Å². The molecule has 0 amide bonds. The SMILES string of the molecule is CC(C)c1cccc(C(C)C)c1NB(N(C)C)[B-](Nc1c(C(C)C)cccc1C(C)C)(N(C)C)[Zr]([CH2]c1ccccc1)[CH2]c1ccccc1. The Bertz CT molecular complexity index is 1510. The summed E-state index contributed by atoms with van der Waals surface area (Å²) in [6.07, 6.45) is 0. The Morgan fingerprint density at radius 2 is 0.898 bits per heavy atom. The molecule has 1 unspecified atom stereocenters. The van der Waals surface area contributed by atoms with Crippen LogP contribution in [0.4, 0.5) is 11.4 Å². The van der Waals surface area contributed by atoms with Crippen LogP contribution >= 0.6 is 0 Å². The molecule has 4 aromatic carbocycles. The van der Waals surface area contributed by atoms with Crippen molar-refractivity contribution in [3.05, 3.63) is 130 Å². The van der Waals surface area contributed by atoms with Gasteiger partial charge in [-0.1, -0.05) is 0 Å². The molecule has 0 aliphatic heterocycles. The van der Waals surface area contributed by atoms with Gasteiger partial charge in [0.15, 0.2) is 0 Å². The van der Waals surface area contributed by atoms with Gasteiger partial charge in [0, 0.05) is 0 Å². The van der Waals surface area contributed by atoms with Gasteiger partial charge in [0.2, 0.25) is 0 Å². The predicted octanol–water partition coefficient (Wildman–Crippen LogP) is 10.4. The van der Waals surface area contributed by atoms with E-state index >= 15 is 0 Å². The topological polar surface area (TPSA) is 30.5 Å². The van der Waals surface area contributed by atoms with Crippen LogP contribution in [0.2, 0.25) is 0 Å². The van der Waals surface area contributed by atoms with Crippen LogP contribution in [0.3, 0.4) is 0 Å². The van der Waals surface area contributed by atoms with Gasteiger partial charge in [-0.15, -0.1) is 0 Å². The first-order valence-electron chi connectivity index (χ1n) is 18.5. The van der Waals surface area contributed by atoms with Crippen molar-refractivity contribution in [2.24, 2.45) is 0 Å². The second-order valence-electron chi connectivity index (χ2n) is 15.8. The third-order valence-corrected chi connectivity index (χ3v) is 20.1. The van der Waals surface area contributed by atoms with Crippen LogP contribution in [0.25, 0.3) is 0 Å². The van der Waals surface area contributed by atoms with Crippen molar-refractivity contribution in [2.75, 3.05) is 38.6 Å². The molecule has 0 saturated carbocycles. The molecule has 49 heavy (non-hydrogen) atoms. The fourth-order valence-corrected chi connectivity index (χ4v) is 18.0. The minimum atomic E-state index is -2.69. The quantitative estimate of drug-likeness (QED) is 0.112. The molecular weight excluding hydrogens is 673 g/mol. The van der Waals surface area contributed by atoms with Crippen LogP contribution in [-0.4, -0.2) is 48.5 Å². The summed E-state index contributed by atoms with van der Waals surface area (Å²) in [7, 11) is 9.28. The molecule has 0 radical (unpaired) electrons. The number of para-hydroxylation sites is 2. The van der Waals surface area contributed by atoms with E-state index in [1.807, 2.05) is 0 Å². The zero-order valence-electron chi connectivity index (χ0n) is 32.5. The van der Waals surface area contributed by atoms with Gasteiger partial charge in [-0.3, -0.25) is 0 Å². The van der Waals surface area contributed by atoms with Crippen molar-refractivity contribution in [2.45, 2.75) is 87.3 Å². The van der Waals surface area contributed by atoms with Crippen molar-refractivity contribution in [1.82, 2.24) is 9.62 Å². The van der Waals surface area contributed by atoms with Gasteiger partial charge in [0.05, 0.1) is 0 Å². The number of hydrogen-bond acceptors (Lipinski definition) is 4. The zero-order chi connectivity index (χ0) is 35.9. The molecule has 0 bridgehead atoms. The molecule has 0 heterocycles. The van der Waals surface area contributed by atoms with Gasteiger partial charge >= 0.3 is 310 Å². The molecule has 7 heteroatoms. The van der Waals surface area contributed by atoms with Gasteiger partial charge in [-0.25, -0.2) is 0 Å². The van der Waals surface area contributed by atoms with Gasteiger partial charge < -0.3 is 0 Å². The third-order valence-electron chi connectivity index (χ3n) is 10.4. The van der Waals surface area contributed by atoms with Crippen molar-refractivity contribution in [3.8, 4) is 0 Å². The monoisotopic (exact) mass is 734 g/mol. The van der Waals surface area contributed by atoms with Crippen LogP contribution in [-0.2, 0) is 29.8 Å². The number of anilines is 2. The number of nitrogens with one attached hydrogen (secondary N) is 2. The third kappa shape index (κ3) is 9.21. The number of hydrogen-bond donors (Lipinski definition) is 2. The van der Waals surface area contributed by atoms with E-state index in [0.717, 1.165) is 8.26 Å². The second kappa shape index (κ2) is 17.6. The second-order valence-corrected chi connectivity index (χ2v) is 22.9. The Hall–Kier alpha value is -2.59. The summed E-state index contributed by atoms with van der Waals surface area (Å²) in [5.41, 5.74) is 11.2. The summed E-state index contributed by atoms with van der Waals surface area (Å²) in [5.74, 6) is 1.60. The van der Waals surface area contributed by atoms with Gasteiger partial charge in [-0.2, -0.15) is 0 Å². The molecule has 261 valence electrons. The first-order valence-corrected chi connectivity index (χ1v) is 23.4. The molecule has 0 fully saturated rings. The summed E-state index contributed by atoms with van der Waals surface area (Å²) in [5, 5.41) is 8.97. The van der Waals surface area contributed by atoms with E-state index in [2.05, 4.69) is 201 Å². The summed E-state index contributed by atoms with van der Waals surface area (Å²) in [4.78, 5) is 5.12. The summed E-state index contributed by atoms with van der Waals surface area (Å²) >= 11 is -2.69. The van der Waals surface area contributed by atoms with Crippen molar-refractivity contribution >= 4 is 22.1 Å². The molecular formula is C42H62B2N4Zr-. The van der Waals surface area contributed by atoms with Crippen LogP contribution in [0, 0.1) is 0 Å². The van der Waals surface area contributed by atoms with E-state index < -0.39 is 25.4 Å². The Morgan fingerprint density at radius 1 is 0.531 bits per heavy atom. The van der Waals surface area contributed by atoms with Crippen molar-refractivity contribution in [3.63, 3.8) is 0 Å². The molecule has 4 aromatic rings. The van der Waals surface area contributed by atoms with Crippen molar-refractivity contribution in [1.29, 1.82) is 0 Å². The van der Waals surface area contributed by atoms with E-state index in [-0.39, 0.29) is 6.87 Å². The molecule has 4 rings (SSSR count). The van der Waals surface area contributed by atoms with E-state index in [1.165, 1.54) is 44.8 Å². The molecule has 0 saturated heterocycles. The van der Waals surface area contributed by atoms with E-state index in [1.54, 1.807) is 0 Å². The van der Waals surface area contributed by atoms with Gasteiger partial charge in [0.1, 0.15) is 0 Å². The molecule has 0 aliphatic carbocycles. The Balaban J connectivity index is 2.10. The minimum absolute atomic E-state index is 0.0365. The molecule has 0 aliphatic rings. The maximum absolute atomic E-state index is 4.60. The molecule has 0 spiro atoms.